The summed E-state index contributed by atoms with van der Waals surface area (Å²) < 4.78 is 15.9. The Balaban J connectivity index is 1.27. The Labute approximate surface area is 312 Å². The normalized spacial score (nSPS) is 17.4. The van der Waals surface area contributed by atoms with E-state index in [-0.39, 0.29) is 34.1 Å². The van der Waals surface area contributed by atoms with Crippen LogP contribution in [0.1, 0.15) is 86.2 Å². The van der Waals surface area contributed by atoms with Crippen LogP contribution in [0.15, 0.2) is 67.0 Å². The minimum absolute atomic E-state index is 0.00548. The quantitative estimate of drug-likeness (QED) is 0.162. The van der Waals surface area contributed by atoms with Gasteiger partial charge in [-0.25, -0.2) is 9.07 Å². The highest BCUT2D eigenvalue weighted by molar-refractivity contribution is 6.36. The maximum absolute atomic E-state index is 14.0. The number of nitrogens with one attached hydrogen (secondary N) is 2. The average molecular weight is 741 g/mol. The van der Waals surface area contributed by atoms with Crippen molar-refractivity contribution in [2.24, 2.45) is 0 Å². The van der Waals surface area contributed by atoms with Crippen LogP contribution in [0.4, 0.5) is 21.5 Å². The van der Waals surface area contributed by atoms with Gasteiger partial charge in [0, 0.05) is 59.7 Å². The zero-order valence-electron chi connectivity index (χ0n) is 29.5. The number of piperidine rings is 1. The number of fused-ring (bicyclic) bond motifs is 1. The second-order valence-corrected chi connectivity index (χ2v) is 15.4. The highest BCUT2D eigenvalue weighted by Gasteiger charge is 2.31. The van der Waals surface area contributed by atoms with E-state index in [9.17, 15) is 14.4 Å². The van der Waals surface area contributed by atoms with Gasteiger partial charge in [0.1, 0.15) is 17.6 Å². The molecule has 1 unspecified atom stereocenters. The Hall–Kier alpha value is -4.76. The van der Waals surface area contributed by atoms with E-state index in [0.29, 0.717) is 44.2 Å². The number of hydrogen-bond acceptors (Lipinski definition) is 8. The molecule has 3 aromatic carbocycles. The number of anilines is 3. The minimum atomic E-state index is -0.551. The van der Waals surface area contributed by atoms with E-state index in [0.717, 1.165) is 44.5 Å². The minimum Gasteiger partial charge on any atom is -0.373 e. The van der Waals surface area contributed by atoms with Gasteiger partial charge in [0.2, 0.25) is 0 Å². The second kappa shape index (κ2) is 14.3. The van der Waals surface area contributed by atoms with Crippen LogP contribution < -0.4 is 10.6 Å². The van der Waals surface area contributed by atoms with Crippen molar-refractivity contribution in [2.45, 2.75) is 70.6 Å². The van der Waals surface area contributed by atoms with Crippen LogP contribution >= 0.6 is 23.2 Å². The van der Waals surface area contributed by atoms with Gasteiger partial charge in [-0.3, -0.25) is 14.7 Å². The third-order valence-corrected chi connectivity index (χ3v) is 10.8. The number of rotatable bonds is 8. The van der Waals surface area contributed by atoms with Crippen LogP contribution in [0, 0.1) is 17.1 Å². The molecule has 10 nitrogen and oxygen atoms in total. The number of carbonyl (C=O) groups excluding carboxylic acids is 1. The number of aromatic nitrogens is 4. The second-order valence-electron chi connectivity index (χ2n) is 14.6. The molecule has 268 valence electrons. The Morgan fingerprint density at radius 1 is 1.02 bits per heavy atom. The maximum atomic E-state index is 14.0. The first-order valence-electron chi connectivity index (χ1n) is 17.5. The molecule has 2 fully saturated rings. The van der Waals surface area contributed by atoms with E-state index in [1.165, 1.54) is 18.3 Å². The zero-order valence-corrected chi connectivity index (χ0v) is 31.0. The third kappa shape index (κ3) is 7.16. The van der Waals surface area contributed by atoms with E-state index >= 15 is 0 Å². The lowest BCUT2D eigenvalue weighted by Crippen LogP contribution is -2.49. The van der Waals surface area contributed by atoms with Gasteiger partial charge in [-0.2, -0.15) is 5.26 Å². The van der Waals surface area contributed by atoms with Crippen molar-refractivity contribution in [2.75, 3.05) is 30.3 Å². The Morgan fingerprint density at radius 2 is 1.79 bits per heavy atom. The molecule has 0 aliphatic carbocycles. The van der Waals surface area contributed by atoms with E-state index in [4.69, 9.17) is 23.2 Å². The van der Waals surface area contributed by atoms with Crippen molar-refractivity contribution in [3.63, 3.8) is 0 Å². The van der Waals surface area contributed by atoms with E-state index in [1.807, 2.05) is 46.1 Å². The highest BCUT2D eigenvalue weighted by Crippen LogP contribution is 2.38. The van der Waals surface area contributed by atoms with Crippen LogP contribution in [0.2, 0.25) is 10.0 Å². The van der Waals surface area contributed by atoms with Crippen LogP contribution in [-0.4, -0.2) is 66.9 Å². The lowest BCUT2D eigenvalue weighted by molar-refractivity contribution is 0.0502. The summed E-state index contributed by atoms with van der Waals surface area (Å²) in [6.45, 7) is 11.5. The molecular formula is C39H40Cl2FN9O. The lowest BCUT2D eigenvalue weighted by Gasteiger charge is -2.40. The molecule has 2 aliphatic heterocycles. The van der Waals surface area contributed by atoms with Gasteiger partial charge in [0.25, 0.3) is 5.91 Å². The molecule has 2 N–H and O–H groups in total. The smallest absolute Gasteiger partial charge is 0.254 e. The summed E-state index contributed by atoms with van der Waals surface area (Å²) in [5.41, 5.74) is 4.52. The molecule has 0 radical (unpaired) electrons. The van der Waals surface area contributed by atoms with E-state index < -0.39 is 11.9 Å². The molecule has 0 saturated carbocycles. The standard InChI is InChI=1S/C39H40Cl2FN9O/c1-23-10-15-50(23)38(52)25-7-5-6-24(16-25)36(34-22-51(48-47-34)29-11-13-49(14-12-29)39(2,3)4)46-28-17-30-35(45-27-8-9-33(42)31(40)18-27)26(20-43)21-44-37(30)32(41)19-28/h5-9,16-19,21-23,29,36,46H,10-15H2,1-4H3,(H,44,45)/t23?,36-/m0/s1. The van der Waals surface area contributed by atoms with Crippen molar-refractivity contribution in [3.8, 4) is 6.07 Å². The summed E-state index contributed by atoms with van der Waals surface area (Å²) in [5, 5.41) is 27.0. The van der Waals surface area contributed by atoms with Crippen molar-refractivity contribution in [1.29, 1.82) is 5.26 Å². The molecule has 4 heterocycles. The number of pyridine rings is 1. The van der Waals surface area contributed by atoms with Crippen LogP contribution in [-0.2, 0) is 0 Å². The Bertz CT molecular complexity index is 2190. The Morgan fingerprint density at radius 3 is 2.46 bits per heavy atom. The summed E-state index contributed by atoms with van der Waals surface area (Å²) in [6, 6.07) is 17.6. The van der Waals surface area contributed by atoms with Gasteiger partial charge in [0.15, 0.2) is 0 Å². The number of amides is 1. The number of carbonyl (C=O) groups is 1. The van der Waals surface area contributed by atoms with Gasteiger partial charge in [0.05, 0.1) is 45.1 Å². The van der Waals surface area contributed by atoms with Gasteiger partial charge in [-0.05, 0) is 95.0 Å². The van der Waals surface area contributed by atoms with Gasteiger partial charge < -0.3 is 15.5 Å². The summed E-state index contributed by atoms with van der Waals surface area (Å²) in [6.07, 6.45) is 6.34. The number of likely N-dealkylation sites (tertiary alicyclic amines) is 2. The van der Waals surface area contributed by atoms with Crippen LogP contribution in [0.3, 0.4) is 0 Å². The fourth-order valence-electron chi connectivity index (χ4n) is 7.01. The van der Waals surface area contributed by atoms with E-state index in [2.05, 4.69) is 64.6 Å². The summed E-state index contributed by atoms with van der Waals surface area (Å²) in [7, 11) is 0. The van der Waals surface area contributed by atoms with Crippen LogP contribution in [0.5, 0.6) is 0 Å². The van der Waals surface area contributed by atoms with Crippen molar-refractivity contribution >= 4 is 57.1 Å². The first-order valence-corrected chi connectivity index (χ1v) is 18.2. The molecule has 7 rings (SSSR count). The molecule has 0 bridgehead atoms. The van der Waals surface area contributed by atoms with Gasteiger partial charge in [-0.15, -0.1) is 5.10 Å². The number of hydrogen-bond donors (Lipinski definition) is 2. The lowest BCUT2D eigenvalue weighted by atomic mass is 9.97. The topological polar surface area (TPSA) is 115 Å². The molecule has 2 aliphatic rings. The van der Waals surface area contributed by atoms with Crippen molar-refractivity contribution in [3.05, 3.63) is 105 Å². The third-order valence-electron chi connectivity index (χ3n) is 10.2. The van der Waals surface area contributed by atoms with Crippen molar-refractivity contribution < 1.29 is 9.18 Å². The zero-order chi connectivity index (χ0) is 36.7. The summed E-state index contributed by atoms with van der Waals surface area (Å²) in [4.78, 5) is 22.3. The fourth-order valence-corrected chi connectivity index (χ4v) is 7.46. The molecule has 2 atom stereocenters. The monoisotopic (exact) mass is 739 g/mol. The summed E-state index contributed by atoms with van der Waals surface area (Å²) in [5.74, 6) is -0.556. The SMILES string of the molecule is CC1CCN1C(=O)c1cccc([C@H](Nc2cc(Cl)c3ncc(C#N)c(Nc4ccc(F)c(Cl)c4)c3c2)c2cn(C3CCN(C(C)(C)C)CC3)nn2)c1. The van der Waals surface area contributed by atoms with Crippen LogP contribution in [0.25, 0.3) is 10.9 Å². The molecule has 1 amide bonds. The molecule has 2 saturated heterocycles. The predicted molar refractivity (Wildman–Crippen MR) is 203 cm³/mol. The van der Waals surface area contributed by atoms with Crippen molar-refractivity contribution in [1.82, 2.24) is 29.8 Å². The van der Waals surface area contributed by atoms with Gasteiger partial charge >= 0.3 is 0 Å². The van der Waals surface area contributed by atoms with Gasteiger partial charge in [-0.1, -0.05) is 40.5 Å². The first-order chi connectivity index (χ1) is 24.9. The number of nitrogens with zero attached hydrogens (tertiary/aromatic N) is 7. The number of nitriles is 1. The molecule has 0 spiro atoms. The number of benzene rings is 3. The Kier molecular flexibility index (Phi) is 9.83. The molecule has 13 heteroatoms. The average Bonchev–Trinajstić information content (AvgIpc) is 3.61. The highest BCUT2D eigenvalue weighted by atomic mass is 35.5. The molecule has 2 aromatic heterocycles. The first kappa shape index (κ1) is 35.6. The predicted octanol–water partition coefficient (Wildman–Crippen LogP) is 8.76. The molecular weight excluding hydrogens is 700 g/mol. The fraction of sp³-hybridized carbons (Fsp3) is 0.359. The number of halogens is 3. The molecule has 5 aromatic rings. The maximum Gasteiger partial charge on any atom is 0.254 e. The van der Waals surface area contributed by atoms with E-state index in [1.54, 1.807) is 12.1 Å². The molecule has 52 heavy (non-hydrogen) atoms. The largest absolute Gasteiger partial charge is 0.373 e. The summed E-state index contributed by atoms with van der Waals surface area (Å²) >= 11 is 12.9.